The Morgan fingerprint density at radius 1 is 0.974 bits per heavy atom. The van der Waals surface area contributed by atoms with E-state index in [1.165, 1.54) is 7.11 Å². The number of benzene rings is 2. The van der Waals surface area contributed by atoms with Gasteiger partial charge in [0.1, 0.15) is 18.8 Å². The van der Waals surface area contributed by atoms with Crippen LogP contribution in [-0.2, 0) is 28.7 Å². The van der Waals surface area contributed by atoms with E-state index in [2.05, 4.69) is 34.9 Å². The average Bonchev–Trinajstić information content (AvgIpc) is 3.23. The monoisotopic (exact) mass is 536 g/mol. The van der Waals surface area contributed by atoms with Crippen molar-refractivity contribution in [1.82, 2.24) is 10.6 Å². The molecule has 3 N–H and O–H groups in total. The smallest absolute Gasteiger partial charge is 0.310 e. The summed E-state index contributed by atoms with van der Waals surface area (Å²) >= 11 is 0. The van der Waals surface area contributed by atoms with Gasteiger partial charge in [0.15, 0.2) is 5.78 Å². The molecule has 9 heteroatoms. The summed E-state index contributed by atoms with van der Waals surface area (Å²) in [6.45, 7) is 3.67. The molecule has 1 saturated heterocycles. The van der Waals surface area contributed by atoms with E-state index in [0.717, 1.165) is 22.3 Å². The third kappa shape index (κ3) is 6.37. The highest BCUT2D eigenvalue weighted by atomic mass is 16.5. The van der Waals surface area contributed by atoms with Gasteiger partial charge in [0.2, 0.25) is 5.91 Å². The van der Waals surface area contributed by atoms with Crippen LogP contribution < -0.4 is 10.6 Å². The van der Waals surface area contributed by atoms with Gasteiger partial charge in [0, 0.05) is 19.1 Å². The number of carbonyl (C=O) groups excluding carboxylic acids is 3. The molecule has 39 heavy (non-hydrogen) atoms. The minimum atomic E-state index is -1.20. The lowest BCUT2D eigenvalue weighted by molar-refractivity contribution is -0.151. The lowest BCUT2D eigenvalue weighted by Crippen LogP contribution is -2.52. The lowest BCUT2D eigenvalue weighted by Gasteiger charge is -2.30. The van der Waals surface area contributed by atoms with Gasteiger partial charge in [0.05, 0.1) is 18.9 Å². The Bertz CT molecular complexity index is 1180. The predicted octanol–water partition coefficient (Wildman–Crippen LogP) is 2.91. The molecule has 1 amide bonds. The molecular formula is C30H36N2O7. The summed E-state index contributed by atoms with van der Waals surface area (Å²) in [5, 5.41) is 14.8. The van der Waals surface area contributed by atoms with Crippen molar-refractivity contribution in [2.24, 2.45) is 11.8 Å². The van der Waals surface area contributed by atoms with Gasteiger partial charge in [-0.25, -0.2) is 0 Å². The molecule has 1 fully saturated rings. The standard InChI is InChI=1S/C30H36N2O7/c1-17-12-13-19(18(2)31-15-26(33)32-25(14-27(34)35)28(36)29(17)38-3)30(37)39-16-24-22-10-6-4-8-20(22)21-9-5-7-11-23(21)24/h4-11,17-19,24-25,29,31H,12-16H2,1-3H3,(H,32,33)(H,34,35)/t17?,18?,19?,25-,29?/m0/s1. The van der Waals surface area contributed by atoms with E-state index >= 15 is 0 Å². The highest BCUT2D eigenvalue weighted by molar-refractivity contribution is 5.95. The second-order valence-electron chi connectivity index (χ2n) is 10.5. The van der Waals surface area contributed by atoms with Crippen LogP contribution in [0.25, 0.3) is 11.1 Å². The van der Waals surface area contributed by atoms with Crippen LogP contribution >= 0.6 is 0 Å². The van der Waals surface area contributed by atoms with Crippen molar-refractivity contribution in [3.05, 3.63) is 59.7 Å². The molecule has 1 aliphatic carbocycles. The van der Waals surface area contributed by atoms with E-state index in [-0.39, 0.29) is 31.0 Å². The molecule has 0 spiro atoms. The summed E-state index contributed by atoms with van der Waals surface area (Å²) in [5.74, 6) is -3.53. The van der Waals surface area contributed by atoms with Gasteiger partial charge in [-0.3, -0.25) is 19.2 Å². The van der Waals surface area contributed by atoms with Gasteiger partial charge in [0.25, 0.3) is 0 Å². The number of ketones is 1. The van der Waals surface area contributed by atoms with Crippen molar-refractivity contribution in [2.75, 3.05) is 20.3 Å². The highest BCUT2D eigenvalue weighted by Crippen LogP contribution is 2.44. The van der Waals surface area contributed by atoms with E-state index in [0.29, 0.717) is 12.8 Å². The molecule has 5 atom stereocenters. The second-order valence-corrected chi connectivity index (χ2v) is 10.5. The first kappa shape index (κ1) is 28.4. The quantitative estimate of drug-likeness (QED) is 0.481. The molecule has 0 radical (unpaired) electrons. The molecule has 4 rings (SSSR count). The summed E-state index contributed by atoms with van der Waals surface area (Å²) in [4.78, 5) is 50.5. The minimum absolute atomic E-state index is 0.0674. The van der Waals surface area contributed by atoms with Crippen molar-refractivity contribution >= 4 is 23.6 Å². The van der Waals surface area contributed by atoms with Crippen molar-refractivity contribution in [1.29, 1.82) is 0 Å². The number of hydrogen-bond acceptors (Lipinski definition) is 7. The molecule has 208 valence electrons. The number of carbonyl (C=O) groups is 4. The SMILES string of the molecule is COC1C(=O)[C@H](CC(=O)O)NC(=O)CNC(C)C(C(=O)OCC2c3ccccc3-c3ccccc32)CCC1C. The van der Waals surface area contributed by atoms with Gasteiger partial charge in [-0.2, -0.15) is 0 Å². The summed E-state index contributed by atoms with van der Waals surface area (Å²) in [7, 11) is 1.39. The van der Waals surface area contributed by atoms with E-state index in [1.54, 1.807) is 0 Å². The number of methoxy groups -OCH3 is 1. The van der Waals surface area contributed by atoms with E-state index in [9.17, 15) is 24.3 Å². The minimum Gasteiger partial charge on any atom is -0.481 e. The summed E-state index contributed by atoms with van der Waals surface area (Å²) in [6.07, 6.45) is -0.571. The molecule has 2 aromatic carbocycles. The zero-order valence-corrected chi connectivity index (χ0v) is 22.5. The summed E-state index contributed by atoms with van der Waals surface area (Å²) in [6, 6.07) is 14.7. The summed E-state index contributed by atoms with van der Waals surface area (Å²) < 4.78 is 11.4. The molecule has 0 aromatic heterocycles. The number of rotatable bonds is 6. The number of Topliss-reactive ketones (excluding diaryl/α,β-unsaturated/α-hetero) is 1. The molecule has 0 saturated carbocycles. The average molecular weight is 537 g/mol. The molecule has 0 bridgehead atoms. The first-order chi connectivity index (χ1) is 18.7. The number of carboxylic acid groups (broad SMARTS) is 1. The number of nitrogens with one attached hydrogen (secondary N) is 2. The fourth-order valence-corrected chi connectivity index (χ4v) is 5.74. The predicted molar refractivity (Wildman–Crippen MR) is 144 cm³/mol. The van der Waals surface area contributed by atoms with E-state index in [1.807, 2.05) is 38.1 Å². The molecule has 4 unspecified atom stereocenters. The molecular weight excluding hydrogens is 500 g/mol. The first-order valence-corrected chi connectivity index (χ1v) is 13.4. The van der Waals surface area contributed by atoms with Gasteiger partial charge >= 0.3 is 11.9 Å². The van der Waals surface area contributed by atoms with Crippen LogP contribution in [0, 0.1) is 11.8 Å². The van der Waals surface area contributed by atoms with E-state index < -0.39 is 48.2 Å². The van der Waals surface area contributed by atoms with Crippen LogP contribution in [0.1, 0.15) is 50.2 Å². The molecule has 1 heterocycles. The largest absolute Gasteiger partial charge is 0.481 e. The fraction of sp³-hybridized carbons (Fsp3) is 0.467. The van der Waals surface area contributed by atoms with Crippen LogP contribution in [0.2, 0.25) is 0 Å². The maximum Gasteiger partial charge on any atom is 0.310 e. The number of carboxylic acids is 1. The first-order valence-electron chi connectivity index (χ1n) is 13.4. The Morgan fingerprint density at radius 2 is 1.59 bits per heavy atom. The Morgan fingerprint density at radius 3 is 2.18 bits per heavy atom. The molecule has 9 nitrogen and oxygen atoms in total. The number of ether oxygens (including phenoxy) is 2. The lowest BCUT2D eigenvalue weighted by atomic mass is 9.86. The van der Waals surface area contributed by atoms with Crippen LogP contribution in [-0.4, -0.2) is 67.2 Å². The second kappa shape index (κ2) is 12.5. The number of fused-ring (bicyclic) bond motifs is 3. The van der Waals surface area contributed by atoms with Crippen LogP contribution in [0.4, 0.5) is 0 Å². The Labute approximate surface area is 228 Å². The number of amides is 1. The molecule has 2 aromatic rings. The van der Waals surface area contributed by atoms with Gasteiger partial charge in [-0.1, -0.05) is 55.5 Å². The number of hydrogen-bond donors (Lipinski definition) is 3. The maximum absolute atomic E-state index is 13.5. The molecule has 2 aliphatic rings. The zero-order valence-electron chi connectivity index (χ0n) is 22.5. The normalized spacial score (nSPS) is 26.0. The fourth-order valence-electron chi connectivity index (χ4n) is 5.74. The van der Waals surface area contributed by atoms with Gasteiger partial charge in [-0.05, 0) is 47.9 Å². The third-order valence-electron chi connectivity index (χ3n) is 7.89. The topological polar surface area (TPSA) is 131 Å². The Kier molecular flexibility index (Phi) is 9.14. The van der Waals surface area contributed by atoms with Crippen LogP contribution in [0.3, 0.4) is 0 Å². The summed E-state index contributed by atoms with van der Waals surface area (Å²) in [5.41, 5.74) is 4.54. The Balaban J connectivity index is 1.49. The van der Waals surface area contributed by atoms with Crippen molar-refractivity contribution in [3.63, 3.8) is 0 Å². The highest BCUT2D eigenvalue weighted by Gasteiger charge is 2.37. The van der Waals surface area contributed by atoms with Crippen LogP contribution in [0.5, 0.6) is 0 Å². The molecule has 1 aliphatic heterocycles. The van der Waals surface area contributed by atoms with Gasteiger partial charge < -0.3 is 25.2 Å². The van der Waals surface area contributed by atoms with Crippen molar-refractivity contribution < 1.29 is 33.8 Å². The van der Waals surface area contributed by atoms with Crippen LogP contribution in [0.15, 0.2) is 48.5 Å². The zero-order chi connectivity index (χ0) is 28.1. The van der Waals surface area contributed by atoms with Crippen molar-refractivity contribution in [2.45, 2.75) is 57.2 Å². The van der Waals surface area contributed by atoms with E-state index in [4.69, 9.17) is 9.47 Å². The van der Waals surface area contributed by atoms with Crippen molar-refractivity contribution in [3.8, 4) is 11.1 Å². The number of esters is 1. The third-order valence-corrected chi connectivity index (χ3v) is 7.89. The Hall–Kier alpha value is -3.56. The number of aliphatic carboxylic acids is 1. The maximum atomic E-state index is 13.5. The van der Waals surface area contributed by atoms with Gasteiger partial charge in [-0.15, -0.1) is 0 Å².